The van der Waals surface area contributed by atoms with Crippen LogP contribution in [0.4, 0.5) is 5.69 Å². The number of fused-ring (bicyclic) bond motifs is 1. The molecule has 0 aromatic heterocycles. The molecule has 16 heavy (non-hydrogen) atoms. The summed E-state index contributed by atoms with van der Waals surface area (Å²) in [6.45, 7) is 0. The van der Waals surface area contributed by atoms with Gasteiger partial charge in [0.25, 0.3) is 0 Å². The van der Waals surface area contributed by atoms with Crippen LogP contribution in [-0.4, -0.2) is 5.91 Å². The van der Waals surface area contributed by atoms with Crippen LogP contribution < -0.4 is 5.32 Å². The molecule has 1 aromatic carbocycles. The first-order valence-electron chi connectivity index (χ1n) is 5.83. The molecular weight excluding hydrogens is 222 g/mol. The summed E-state index contributed by atoms with van der Waals surface area (Å²) < 4.78 is 0. The highest BCUT2D eigenvalue weighted by Crippen LogP contribution is 2.45. The van der Waals surface area contributed by atoms with E-state index in [2.05, 4.69) is 11.4 Å². The number of carbonyl (C=O) groups excluding carboxylic acids is 1. The molecule has 84 valence electrons. The van der Waals surface area contributed by atoms with Crippen LogP contribution in [0, 0.1) is 5.92 Å². The summed E-state index contributed by atoms with van der Waals surface area (Å²) in [5.74, 6) is 1.24. The Kier molecular flexibility index (Phi) is 2.40. The molecular formula is C13H14ClNO. The Labute approximate surface area is 100.0 Å². The first kappa shape index (κ1) is 10.2. The Hall–Kier alpha value is -1.02. The maximum absolute atomic E-state index is 11.6. The molecule has 2 nitrogen and oxygen atoms in total. The highest BCUT2D eigenvalue weighted by molar-refractivity contribution is 6.31. The standard InChI is InChI=1S/C13H14ClNO/c14-9-4-5-10-11(8-2-1-3-8)7-13(16)15-12(10)6-9/h4-6,8,11H,1-3,7H2,(H,15,16). The predicted octanol–water partition coefficient (Wildman–Crippen LogP) is 3.57. The third kappa shape index (κ3) is 1.61. The number of anilines is 1. The van der Waals surface area contributed by atoms with E-state index in [-0.39, 0.29) is 5.91 Å². The molecule has 0 spiro atoms. The minimum atomic E-state index is 0.131. The minimum absolute atomic E-state index is 0.131. The van der Waals surface area contributed by atoms with Gasteiger partial charge >= 0.3 is 0 Å². The van der Waals surface area contributed by atoms with Crippen LogP contribution in [-0.2, 0) is 4.79 Å². The Bertz CT molecular complexity index is 440. The summed E-state index contributed by atoms with van der Waals surface area (Å²) in [6.07, 6.45) is 4.48. The van der Waals surface area contributed by atoms with Crippen molar-refractivity contribution in [1.29, 1.82) is 0 Å². The molecule has 1 aromatic rings. The van der Waals surface area contributed by atoms with Crippen molar-refractivity contribution in [1.82, 2.24) is 0 Å². The number of hydrogen-bond acceptors (Lipinski definition) is 1. The van der Waals surface area contributed by atoms with Gasteiger partial charge in [-0.3, -0.25) is 4.79 Å². The summed E-state index contributed by atoms with van der Waals surface area (Å²) in [5.41, 5.74) is 2.19. The number of rotatable bonds is 1. The maximum atomic E-state index is 11.6. The summed E-state index contributed by atoms with van der Waals surface area (Å²) >= 11 is 5.95. The zero-order chi connectivity index (χ0) is 11.1. The van der Waals surface area contributed by atoms with Gasteiger partial charge in [-0.1, -0.05) is 24.1 Å². The molecule has 0 radical (unpaired) electrons. The fourth-order valence-electron chi connectivity index (χ4n) is 2.73. The molecule has 1 aliphatic carbocycles. The lowest BCUT2D eigenvalue weighted by molar-refractivity contribution is -0.117. The van der Waals surface area contributed by atoms with E-state index in [4.69, 9.17) is 11.6 Å². The molecule has 3 rings (SSSR count). The van der Waals surface area contributed by atoms with Gasteiger partial charge in [-0.25, -0.2) is 0 Å². The molecule has 2 aliphatic rings. The molecule has 1 unspecified atom stereocenters. The van der Waals surface area contributed by atoms with Crippen LogP contribution in [0.25, 0.3) is 0 Å². The van der Waals surface area contributed by atoms with E-state index in [1.807, 2.05) is 12.1 Å². The summed E-state index contributed by atoms with van der Waals surface area (Å²) in [4.78, 5) is 11.6. The normalized spacial score (nSPS) is 24.6. The molecule has 1 heterocycles. The van der Waals surface area contributed by atoms with Gasteiger partial charge in [0.15, 0.2) is 0 Å². The fraction of sp³-hybridized carbons (Fsp3) is 0.462. The van der Waals surface area contributed by atoms with Crippen molar-refractivity contribution in [3.05, 3.63) is 28.8 Å². The van der Waals surface area contributed by atoms with E-state index in [0.29, 0.717) is 23.3 Å². The first-order valence-corrected chi connectivity index (χ1v) is 6.21. The van der Waals surface area contributed by atoms with Gasteiger partial charge in [0.2, 0.25) is 5.91 Å². The van der Waals surface area contributed by atoms with E-state index in [1.165, 1.54) is 24.8 Å². The Morgan fingerprint density at radius 1 is 1.31 bits per heavy atom. The second kappa shape index (κ2) is 3.77. The van der Waals surface area contributed by atoms with Crippen molar-refractivity contribution in [2.75, 3.05) is 5.32 Å². The molecule has 0 saturated heterocycles. The van der Waals surface area contributed by atoms with Crippen LogP contribution >= 0.6 is 11.6 Å². The summed E-state index contributed by atoms with van der Waals surface area (Å²) in [5, 5.41) is 3.60. The highest BCUT2D eigenvalue weighted by atomic mass is 35.5. The predicted molar refractivity (Wildman–Crippen MR) is 64.8 cm³/mol. The van der Waals surface area contributed by atoms with Crippen LogP contribution in [0.5, 0.6) is 0 Å². The van der Waals surface area contributed by atoms with Crippen molar-refractivity contribution in [3.8, 4) is 0 Å². The summed E-state index contributed by atoms with van der Waals surface area (Å²) in [7, 11) is 0. The molecule has 1 aliphatic heterocycles. The van der Waals surface area contributed by atoms with Gasteiger partial charge in [0.05, 0.1) is 0 Å². The third-order valence-corrected chi connectivity index (χ3v) is 4.05. The molecule has 1 N–H and O–H groups in total. The van der Waals surface area contributed by atoms with Crippen LogP contribution in [0.1, 0.15) is 37.2 Å². The Balaban J connectivity index is 2.00. The van der Waals surface area contributed by atoms with Crippen molar-refractivity contribution < 1.29 is 4.79 Å². The van der Waals surface area contributed by atoms with Crippen LogP contribution in [0.2, 0.25) is 5.02 Å². The first-order chi connectivity index (χ1) is 7.74. The van der Waals surface area contributed by atoms with Gasteiger partial charge in [-0.05, 0) is 42.4 Å². The monoisotopic (exact) mass is 235 g/mol. The van der Waals surface area contributed by atoms with E-state index >= 15 is 0 Å². The zero-order valence-corrected chi connectivity index (χ0v) is 9.76. The number of hydrogen-bond donors (Lipinski definition) is 1. The molecule has 1 fully saturated rings. The van der Waals surface area contributed by atoms with Crippen LogP contribution in [0.15, 0.2) is 18.2 Å². The summed E-state index contributed by atoms with van der Waals surface area (Å²) in [6, 6.07) is 5.85. The maximum Gasteiger partial charge on any atom is 0.225 e. The topological polar surface area (TPSA) is 29.1 Å². The fourth-order valence-corrected chi connectivity index (χ4v) is 2.91. The van der Waals surface area contributed by atoms with Gasteiger partial charge in [-0.15, -0.1) is 0 Å². The molecule has 1 amide bonds. The lowest BCUT2D eigenvalue weighted by Crippen LogP contribution is -2.30. The third-order valence-electron chi connectivity index (χ3n) is 3.81. The molecule has 1 atom stereocenters. The zero-order valence-electron chi connectivity index (χ0n) is 9.00. The highest BCUT2D eigenvalue weighted by Gasteiger charge is 2.34. The van der Waals surface area contributed by atoms with Crippen molar-refractivity contribution in [2.24, 2.45) is 5.92 Å². The second-order valence-electron chi connectivity index (χ2n) is 4.78. The number of amides is 1. The Morgan fingerprint density at radius 3 is 2.81 bits per heavy atom. The number of carbonyl (C=O) groups is 1. The average molecular weight is 236 g/mol. The van der Waals surface area contributed by atoms with E-state index < -0.39 is 0 Å². The van der Waals surface area contributed by atoms with Crippen molar-refractivity contribution in [3.63, 3.8) is 0 Å². The van der Waals surface area contributed by atoms with E-state index in [1.54, 1.807) is 0 Å². The smallest absolute Gasteiger partial charge is 0.225 e. The van der Waals surface area contributed by atoms with Crippen LogP contribution in [0.3, 0.4) is 0 Å². The van der Waals surface area contributed by atoms with E-state index in [9.17, 15) is 4.79 Å². The van der Waals surface area contributed by atoms with Gasteiger partial charge in [0, 0.05) is 17.1 Å². The lowest BCUT2D eigenvalue weighted by Gasteiger charge is -2.37. The Morgan fingerprint density at radius 2 is 2.12 bits per heavy atom. The largest absolute Gasteiger partial charge is 0.326 e. The quantitative estimate of drug-likeness (QED) is 0.792. The van der Waals surface area contributed by atoms with E-state index in [0.717, 1.165) is 5.69 Å². The number of halogens is 1. The average Bonchev–Trinajstić information content (AvgIpc) is 2.13. The molecule has 0 bridgehead atoms. The number of nitrogens with one attached hydrogen (secondary N) is 1. The minimum Gasteiger partial charge on any atom is -0.326 e. The van der Waals surface area contributed by atoms with Crippen molar-refractivity contribution >= 4 is 23.2 Å². The van der Waals surface area contributed by atoms with Gasteiger partial charge in [0.1, 0.15) is 0 Å². The molecule has 1 saturated carbocycles. The number of benzene rings is 1. The van der Waals surface area contributed by atoms with Gasteiger partial charge in [-0.2, -0.15) is 0 Å². The lowest BCUT2D eigenvalue weighted by atomic mass is 9.70. The SMILES string of the molecule is O=C1CC(C2CCC2)c2ccc(Cl)cc2N1. The van der Waals surface area contributed by atoms with Gasteiger partial charge < -0.3 is 5.32 Å². The van der Waals surface area contributed by atoms with Crippen molar-refractivity contribution in [2.45, 2.75) is 31.6 Å². The second-order valence-corrected chi connectivity index (χ2v) is 5.22. The molecule has 3 heteroatoms.